The second-order valence-electron chi connectivity index (χ2n) is 6.83. The Balaban J connectivity index is 1.80. The molecule has 0 aromatic heterocycles. The molecule has 0 amide bonds. The Labute approximate surface area is 169 Å². The molecular formula is C22H20N2O2S2. The predicted molar refractivity (Wildman–Crippen MR) is 113 cm³/mol. The number of benzene rings is 3. The van der Waals surface area contributed by atoms with E-state index < -0.39 is 15.4 Å². The molecule has 1 N–H and O–H groups in total. The molecule has 0 spiro atoms. The number of nitrogens with zero attached hydrogens (tertiary/aromatic N) is 1. The van der Waals surface area contributed by atoms with Crippen LogP contribution in [-0.4, -0.2) is 18.6 Å². The van der Waals surface area contributed by atoms with Gasteiger partial charge in [0, 0.05) is 10.5 Å². The number of aryl methyl sites for hydroxylation is 2. The third-order valence-corrected chi connectivity index (χ3v) is 7.91. The molecule has 0 fully saturated rings. The lowest BCUT2D eigenvalue weighted by Crippen LogP contribution is -2.33. The molecule has 0 radical (unpaired) electrons. The highest BCUT2D eigenvalue weighted by Crippen LogP contribution is 2.47. The van der Waals surface area contributed by atoms with E-state index in [4.69, 9.17) is 5.41 Å². The first-order chi connectivity index (χ1) is 13.4. The van der Waals surface area contributed by atoms with Crippen LogP contribution in [0.5, 0.6) is 0 Å². The molecule has 3 aromatic rings. The molecule has 1 atom stereocenters. The van der Waals surface area contributed by atoms with Crippen LogP contribution in [0.2, 0.25) is 0 Å². The Bertz CT molecular complexity index is 1140. The maximum Gasteiger partial charge on any atom is 0.266 e. The lowest BCUT2D eigenvalue weighted by Gasteiger charge is -2.26. The molecule has 142 valence electrons. The van der Waals surface area contributed by atoms with Gasteiger partial charge in [-0.15, -0.1) is 0 Å². The van der Waals surface area contributed by atoms with Gasteiger partial charge in [0.15, 0.2) is 0 Å². The number of thioether (sulfide) groups is 1. The van der Waals surface area contributed by atoms with Gasteiger partial charge in [-0.3, -0.25) is 5.41 Å². The van der Waals surface area contributed by atoms with Crippen molar-refractivity contribution in [1.29, 1.82) is 5.41 Å². The molecule has 3 aromatic carbocycles. The fourth-order valence-electron chi connectivity index (χ4n) is 3.22. The van der Waals surface area contributed by atoms with Crippen molar-refractivity contribution in [1.82, 2.24) is 4.31 Å². The average molecular weight is 409 g/mol. The largest absolute Gasteiger partial charge is 0.283 e. The minimum atomic E-state index is -3.86. The van der Waals surface area contributed by atoms with E-state index in [9.17, 15) is 8.42 Å². The summed E-state index contributed by atoms with van der Waals surface area (Å²) in [4.78, 5) is 1.16. The highest BCUT2D eigenvalue weighted by molar-refractivity contribution is 8.00. The van der Waals surface area contributed by atoms with E-state index in [-0.39, 0.29) is 10.7 Å². The lowest BCUT2D eigenvalue weighted by molar-refractivity contribution is 0.521. The number of fused-ring (bicyclic) bond motifs is 1. The van der Waals surface area contributed by atoms with Gasteiger partial charge in [0.25, 0.3) is 10.0 Å². The van der Waals surface area contributed by atoms with E-state index in [1.807, 2.05) is 62.4 Å². The summed E-state index contributed by atoms with van der Waals surface area (Å²) < 4.78 is 28.1. The number of nitrogens with one attached hydrogen (secondary N) is 1. The monoisotopic (exact) mass is 408 g/mol. The number of amidine groups is 1. The van der Waals surface area contributed by atoms with Crippen molar-refractivity contribution in [3.63, 3.8) is 0 Å². The van der Waals surface area contributed by atoms with E-state index >= 15 is 0 Å². The number of rotatable bonds is 4. The quantitative estimate of drug-likeness (QED) is 0.651. The Kier molecular flexibility index (Phi) is 4.77. The highest BCUT2D eigenvalue weighted by Gasteiger charge is 2.42. The maximum absolute atomic E-state index is 13.5. The molecule has 1 aliphatic heterocycles. The number of hydrogen-bond donors (Lipinski definition) is 1. The van der Waals surface area contributed by atoms with Crippen molar-refractivity contribution < 1.29 is 8.42 Å². The summed E-state index contributed by atoms with van der Waals surface area (Å²) >= 11 is 1.45. The molecular weight excluding hydrogens is 388 g/mol. The van der Waals surface area contributed by atoms with Gasteiger partial charge < -0.3 is 0 Å². The highest BCUT2D eigenvalue weighted by atomic mass is 32.2. The van der Waals surface area contributed by atoms with Gasteiger partial charge in [0.05, 0.1) is 4.90 Å². The van der Waals surface area contributed by atoms with Gasteiger partial charge in [-0.2, -0.15) is 0 Å². The molecule has 4 rings (SSSR count). The smallest absolute Gasteiger partial charge is 0.266 e. The molecule has 0 bridgehead atoms. The van der Waals surface area contributed by atoms with Crippen LogP contribution in [0.25, 0.3) is 0 Å². The summed E-state index contributed by atoms with van der Waals surface area (Å²) in [6.45, 7) is 3.93. The topological polar surface area (TPSA) is 61.2 Å². The summed E-state index contributed by atoms with van der Waals surface area (Å²) in [6, 6.07) is 22.2. The van der Waals surface area contributed by atoms with Crippen LogP contribution >= 0.6 is 11.8 Å². The fraction of sp³-hybridized carbons (Fsp3) is 0.136. The summed E-state index contributed by atoms with van der Waals surface area (Å²) in [5, 5.41) is 8.08. The first-order valence-electron chi connectivity index (χ1n) is 8.90. The van der Waals surface area contributed by atoms with Gasteiger partial charge in [-0.25, -0.2) is 12.7 Å². The van der Waals surface area contributed by atoms with E-state index in [2.05, 4.69) is 0 Å². The Morgan fingerprint density at radius 2 is 1.43 bits per heavy atom. The third kappa shape index (κ3) is 3.23. The van der Waals surface area contributed by atoms with Crippen molar-refractivity contribution in [3.05, 3.63) is 95.1 Å². The van der Waals surface area contributed by atoms with Gasteiger partial charge in [-0.1, -0.05) is 71.4 Å². The second-order valence-corrected chi connectivity index (χ2v) is 9.80. The van der Waals surface area contributed by atoms with Crippen molar-refractivity contribution >= 4 is 27.6 Å². The van der Waals surface area contributed by atoms with E-state index in [1.165, 1.54) is 16.1 Å². The van der Waals surface area contributed by atoms with Crippen LogP contribution in [0.3, 0.4) is 0 Å². The minimum Gasteiger partial charge on any atom is -0.283 e. The molecule has 0 saturated heterocycles. The molecule has 0 saturated carbocycles. The zero-order chi connectivity index (χ0) is 19.9. The Hall–Kier alpha value is -2.57. The SMILES string of the molecule is Cc1ccc(SC2c3ccccc3C(=N)N2S(=O)(=O)c2ccc(C)cc2)cc1. The minimum absolute atomic E-state index is 0.0146. The number of hydrogen-bond acceptors (Lipinski definition) is 4. The Morgan fingerprint density at radius 3 is 2.07 bits per heavy atom. The first-order valence-corrected chi connectivity index (χ1v) is 11.2. The molecule has 0 aliphatic carbocycles. The molecule has 1 heterocycles. The van der Waals surface area contributed by atoms with Gasteiger partial charge >= 0.3 is 0 Å². The van der Waals surface area contributed by atoms with Crippen LogP contribution in [0.4, 0.5) is 0 Å². The van der Waals surface area contributed by atoms with Crippen molar-refractivity contribution in [2.45, 2.75) is 29.0 Å². The average Bonchev–Trinajstić information content (AvgIpc) is 2.97. The standard InChI is InChI=1S/C22H20N2O2S2/c1-15-7-11-17(12-8-15)27-22-20-6-4-3-5-19(20)21(23)24(22)28(25,26)18-13-9-16(2)10-14-18/h3-14,22-23H,1-2H3. The zero-order valence-electron chi connectivity index (χ0n) is 15.6. The summed E-state index contributed by atoms with van der Waals surface area (Å²) in [5.41, 5.74) is 3.63. The summed E-state index contributed by atoms with van der Waals surface area (Å²) in [5.74, 6) is 0.0146. The molecule has 4 nitrogen and oxygen atoms in total. The molecule has 6 heteroatoms. The van der Waals surface area contributed by atoms with Gasteiger partial charge in [-0.05, 0) is 43.7 Å². The molecule has 1 aliphatic rings. The zero-order valence-corrected chi connectivity index (χ0v) is 17.2. The first kappa shape index (κ1) is 18.8. The fourth-order valence-corrected chi connectivity index (χ4v) is 6.18. The van der Waals surface area contributed by atoms with Crippen molar-refractivity contribution in [2.24, 2.45) is 0 Å². The van der Waals surface area contributed by atoms with Gasteiger partial charge in [0.2, 0.25) is 0 Å². The van der Waals surface area contributed by atoms with Crippen LogP contribution in [0, 0.1) is 19.3 Å². The second kappa shape index (κ2) is 7.11. The van der Waals surface area contributed by atoms with Crippen LogP contribution in [-0.2, 0) is 10.0 Å². The molecule has 1 unspecified atom stereocenters. The number of sulfonamides is 1. The lowest BCUT2D eigenvalue weighted by atomic mass is 10.1. The summed E-state index contributed by atoms with van der Waals surface area (Å²) in [6.07, 6.45) is 0. The van der Waals surface area contributed by atoms with Crippen LogP contribution < -0.4 is 0 Å². The van der Waals surface area contributed by atoms with Crippen LogP contribution in [0.15, 0.2) is 82.6 Å². The van der Waals surface area contributed by atoms with Crippen LogP contribution in [0.1, 0.15) is 27.6 Å². The van der Waals surface area contributed by atoms with Crippen molar-refractivity contribution in [2.75, 3.05) is 0 Å². The van der Waals surface area contributed by atoms with E-state index in [1.54, 1.807) is 24.3 Å². The van der Waals surface area contributed by atoms with Crippen molar-refractivity contribution in [3.8, 4) is 0 Å². The normalized spacial score (nSPS) is 16.3. The maximum atomic E-state index is 13.5. The van der Waals surface area contributed by atoms with E-state index in [0.717, 1.165) is 21.6 Å². The van der Waals surface area contributed by atoms with Gasteiger partial charge in [0.1, 0.15) is 11.2 Å². The predicted octanol–water partition coefficient (Wildman–Crippen LogP) is 5.12. The molecule has 28 heavy (non-hydrogen) atoms. The summed E-state index contributed by atoms with van der Waals surface area (Å²) in [7, 11) is -3.86. The Morgan fingerprint density at radius 1 is 0.857 bits per heavy atom. The third-order valence-electron chi connectivity index (χ3n) is 4.76. The van der Waals surface area contributed by atoms with E-state index in [0.29, 0.717) is 5.56 Å².